The molecule has 2 rings (SSSR count). The Bertz CT molecular complexity index is 644. The van der Waals surface area contributed by atoms with Gasteiger partial charge >= 0.3 is 0 Å². The second kappa shape index (κ2) is 16.3. The average Bonchev–Trinajstić information content (AvgIpc) is 2.80. The highest BCUT2D eigenvalue weighted by Gasteiger charge is 2.24. The van der Waals surface area contributed by atoms with E-state index >= 15 is 0 Å². The van der Waals surface area contributed by atoms with Crippen molar-refractivity contribution in [3.63, 3.8) is 0 Å². The van der Waals surface area contributed by atoms with Crippen LogP contribution in [0.15, 0.2) is 23.2 Å². The molecule has 1 fully saturated rings. The molecule has 1 aliphatic heterocycles. The second-order valence-corrected chi connectivity index (χ2v) is 6.76. The summed E-state index contributed by atoms with van der Waals surface area (Å²) >= 11 is 0. The summed E-state index contributed by atoms with van der Waals surface area (Å²) < 4.78 is 26.9. The Morgan fingerprint density at radius 3 is 2.45 bits per heavy atom. The third kappa shape index (κ3) is 9.36. The summed E-state index contributed by atoms with van der Waals surface area (Å²) in [5.41, 5.74) is 1.15. The summed E-state index contributed by atoms with van der Waals surface area (Å²) in [6.45, 7) is 6.35. The number of rotatable bonds is 12. The zero-order valence-corrected chi connectivity index (χ0v) is 21.3. The summed E-state index contributed by atoms with van der Waals surface area (Å²) in [6, 6.07) is 6.22. The van der Waals surface area contributed by atoms with Crippen LogP contribution in [0.3, 0.4) is 0 Å². The average molecular weight is 552 g/mol. The van der Waals surface area contributed by atoms with Crippen molar-refractivity contribution in [2.45, 2.75) is 6.04 Å². The molecule has 0 radical (unpaired) electrons. The molecule has 178 valence electrons. The first kappa shape index (κ1) is 27.7. The van der Waals surface area contributed by atoms with Crippen molar-refractivity contribution in [3.05, 3.63) is 23.8 Å². The van der Waals surface area contributed by atoms with E-state index in [2.05, 4.69) is 26.6 Å². The molecule has 1 heterocycles. The molecule has 1 aromatic carbocycles. The van der Waals surface area contributed by atoms with Crippen molar-refractivity contribution in [2.24, 2.45) is 4.99 Å². The fourth-order valence-electron chi connectivity index (χ4n) is 3.31. The van der Waals surface area contributed by atoms with Crippen LogP contribution < -0.4 is 20.1 Å². The molecule has 2 N–H and O–H groups in total. The van der Waals surface area contributed by atoms with E-state index in [1.54, 1.807) is 28.4 Å². The van der Waals surface area contributed by atoms with E-state index in [4.69, 9.17) is 23.7 Å². The van der Waals surface area contributed by atoms with Crippen LogP contribution in [0.2, 0.25) is 0 Å². The van der Waals surface area contributed by atoms with Crippen LogP contribution >= 0.6 is 24.0 Å². The van der Waals surface area contributed by atoms with Crippen molar-refractivity contribution in [2.75, 3.05) is 87.6 Å². The molecule has 10 heteroatoms. The third-order valence-electron chi connectivity index (χ3n) is 4.94. The highest BCUT2D eigenvalue weighted by atomic mass is 127. The maximum atomic E-state index is 5.54. The van der Waals surface area contributed by atoms with E-state index in [1.807, 2.05) is 12.1 Å². The molecule has 0 bridgehead atoms. The summed E-state index contributed by atoms with van der Waals surface area (Å²) in [6.07, 6.45) is 0. The lowest BCUT2D eigenvalue weighted by Gasteiger charge is -2.35. The van der Waals surface area contributed by atoms with Gasteiger partial charge in [0.05, 0.1) is 53.3 Å². The molecule has 0 saturated carbocycles. The molecule has 0 amide bonds. The molecule has 0 aliphatic carbocycles. The largest absolute Gasteiger partial charge is 0.493 e. The van der Waals surface area contributed by atoms with Gasteiger partial charge < -0.3 is 34.3 Å². The van der Waals surface area contributed by atoms with Crippen molar-refractivity contribution in [1.82, 2.24) is 15.5 Å². The Labute approximate surface area is 202 Å². The zero-order valence-electron chi connectivity index (χ0n) is 19.0. The number of hydrogen-bond donors (Lipinski definition) is 2. The Balaban J connectivity index is 0.00000480. The maximum Gasteiger partial charge on any atom is 0.191 e. The highest BCUT2D eigenvalue weighted by Crippen LogP contribution is 2.32. The molecule has 31 heavy (non-hydrogen) atoms. The van der Waals surface area contributed by atoms with E-state index in [-0.39, 0.29) is 30.0 Å². The van der Waals surface area contributed by atoms with Crippen molar-refractivity contribution < 1.29 is 23.7 Å². The topological polar surface area (TPSA) is 85.8 Å². The molecule has 0 spiro atoms. The molecule has 0 aromatic heterocycles. The van der Waals surface area contributed by atoms with Gasteiger partial charge in [-0.2, -0.15) is 0 Å². The van der Waals surface area contributed by atoms with E-state index < -0.39 is 0 Å². The lowest BCUT2D eigenvalue weighted by molar-refractivity contribution is 0.0169. The van der Waals surface area contributed by atoms with Gasteiger partial charge in [-0.3, -0.25) is 9.89 Å². The molecule has 1 aliphatic rings. The predicted molar refractivity (Wildman–Crippen MR) is 132 cm³/mol. The Kier molecular flexibility index (Phi) is 14.6. The number of nitrogens with one attached hydrogen (secondary N) is 2. The summed E-state index contributed by atoms with van der Waals surface area (Å²) in [7, 11) is 6.73. The minimum atomic E-state index is 0. The lowest BCUT2D eigenvalue weighted by Crippen LogP contribution is -2.46. The van der Waals surface area contributed by atoms with Gasteiger partial charge in [0.2, 0.25) is 0 Å². The Morgan fingerprint density at radius 1 is 1.06 bits per heavy atom. The molecule has 1 unspecified atom stereocenters. The van der Waals surface area contributed by atoms with Crippen LogP contribution in [-0.4, -0.2) is 98.4 Å². The third-order valence-corrected chi connectivity index (χ3v) is 4.94. The number of ether oxygens (including phenoxy) is 5. The van der Waals surface area contributed by atoms with Gasteiger partial charge in [0, 0.05) is 40.3 Å². The van der Waals surface area contributed by atoms with E-state index in [1.165, 1.54) is 0 Å². The summed E-state index contributed by atoms with van der Waals surface area (Å²) in [5.74, 6) is 2.19. The van der Waals surface area contributed by atoms with Crippen LogP contribution in [0.1, 0.15) is 11.6 Å². The molecule has 1 atom stereocenters. The number of nitrogens with zero attached hydrogens (tertiary/aromatic N) is 2. The predicted octanol–water partition coefficient (Wildman–Crippen LogP) is 1.52. The Hall–Kier alpha value is -1.34. The maximum absolute atomic E-state index is 5.54. The number of methoxy groups -OCH3 is 3. The minimum Gasteiger partial charge on any atom is -0.493 e. The number of morpholine rings is 1. The fraction of sp³-hybridized carbons (Fsp3) is 0.667. The SMILES string of the molecule is CN=C(NCCOCCOC)NCC(c1ccc(OC)c(OC)c1)N1CCOCC1.I. The summed E-state index contributed by atoms with van der Waals surface area (Å²) in [4.78, 5) is 6.74. The quantitative estimate of drug-likeness (QED) is 0.175. The first-order chi connectivity index (χ1) is 14.7. The number of guanidine groups is 1. The van der Waals surface area contributed by atoms with Crippen LogP contribution in [0.4, 0.5) is 0 Å². The Morgan fingerprint density at radius 2 is 1.81 bits per heavy atom. The van der Waals surface area contributed by atoms with Gasteiger partial charge in [-0.1, -0.05) is 6.07 Å². The van der Waals surface area contributed by atoms with Crippen molar-refractivity contribution in [1.29, 1.82) is 0 Å². The van der Waals surface area contributed by atoms with E-state index in [9.17, 15) is 0 Å². The fourth-order valence-corrected chi connectivity index (χ4v) is 3.31. The van der Waals surface area contributed by atoms with Crippen molar-refractivity contribution in [3.8, 4) is 11.5 Å². The first-order valence-electron chi connectivity index (χ1n) is 10.3. The van der Waals surface area contributed by atoms with Crippen LogP contribution in [0.25, 0.3) is 0 Å². The zero-order chi connectivity index (χ0) is 21.6. The smallest absolute Gasteiger partial charge is 0.191 e. The number of aliphatic imine (C=N–C) groups is 1. The van der Waals surface area contributed by atoms with E-state index in [0.29, 0.717) is 32.9 Å². The second-order valence-electron chi connectivity index (χ2n) is 6.76. The minimum absolute atomic E-state index is 0. The molecule has 1 saturated heterocycles. The highest BCUT2D eigenvalue weighted by molar-refractivity contribution is 14.0. The standard InChI is InChI=1S/C21H36N4O5.HI/c1-22-21(23-7-10-29-14-13-26-2)24-16-18(25-8-11-30-12-9-25)17-5-6-19(27-3)20(15-17)28-4;/h5-6,15,18H,7-14,16H2,1-4H3,(H2,22,23,24);1H. The number of hydrogen-bond acceptors (Lipinski definition) is 7. The van der Waals surface area contributed by atoms with Gasteiger partial charge in [-0.25, -0.2) is 0 Å². The van der Waals surface area contributed by atoms with Crippen LogP contribution in [0, 0.1) is 0 Å². The monoisotopic (exact) mass is 552 g/mol. The number of benzene rings is 1. The van der Waals surface area contributed by atoms with Crippen LogP contribution in [0.5, 0.6) is 11.5 Å². The molecular weight excluding hydrogens is 515 g/mol. The molecule has 1 aromatic rings. The summed E-state index contributed by atoms with van der Waals surface area (Å²) in [5, 5.41) is 6.72. The first-order valence-corrected chi connectivity index (χ1v) is 10.3. The van der Waals surface area contributed by atoms with Gasteiger partial charge in [-0.15, -0.1) is 24.0 Å². The van der Waals surface area contributed by atoms with Gasteiger partial charge in [0.15, 0.2) is 17.5 Å². The number of halogens is 1. The lowest BCUT2D eigenvalue weighted by atomic mass is 10.0. The van der Waals surface area contributed by atoms with Crippen molar-refractivity contribution >= 4 is 29.9 Å². The van der Waals surface area contributed by atoms with Gasteiger partial charge in [-0.05, 0) is 17.7 Å². The van der Waals surface area contributed by atoms with Gasteiger partial charge in [0.1, 0.15) is 0 Å². The normalized spacial score (nSPS) is 15.7. The van der Waals surface area contributed by atoms with Gasteiger partial charge in [0.25, 0.3) is 0 Å². The molecule has 9 nitrogen and oxygen atoms in total. The van der Waals surface area contributed by atoms with Crippen LogP contribution in [-0.2, 0) is 14.2 Å². The molecular formula is C21H37IN4O5. The van der Waals surface area contributed by atoms with E-state index in [0.717, 1.165) is 49.3 Å².